The quantitative estimate of drug-likeness (QED) is 0.542. The van der Waals surface area contributed by atoms with E-state index in [1.54, 1.807) is 36.4 Å². The number of carbonyl (C=O) groups excluding carboxylic acids is 1. The van der Waals surface area contributed by atoms with Gasteiger partial charge in [-0.3, -0.25) is 10.1 Å². The number of thiocarbonyl (C=S) groups is 1. The highest BCUT2D eigenvalue weighted by Gasteiger charge is 2.11. The fraction of sp³-hybridized carbons (Fsp3) is 0.222. The number of nitrogens with one attached hydrogen (secondary N) is 2. The zero-order valence-corrected chi connectivity index (χ0v) is 14.9. The minimum absolute atomic E-state index is 0.00707. The molecule has 0 atom stereocenters. The third-order valence-corrected chi connectivity index (χ3v) is 3.45. The molecule has 0 radical (unpaired) electrons. The summed E-state index contributed by atoms with van der Waals surface area (Å²) in [6.07, 6.45) is 0.883. The third kappa shape index (κ3) is 5.36. The van der Waals surface area contributed by atoms with Crippen molar-refractivity contribution in [1.82, 2.24) is 5.32 Å². The van der Waals surface area contributed by atoms with Gasteiger partial charge in [-0.05, 0) is 49.0 Å². The van der Waals surface area contributed by atoms with Crippen LogP contribution < -0.4 is 20.1 Å². The van der Waals surface area contributed by atoms with E-state index in [2.05, 4.69) is 10.6 Å². The van der Waals surface area contributed by atoms with Crippen molar-refractivity contribution in [3.05, 3.63) is 48.0 Å². The van der Waals surface area contributed by atoms with Crippen molar-refractivity contribution >= 4 is 28.9 Å². The molecular weight excluding hydrogens is 340 g/mol. The first-order valence-electron chi connectivity index (χ1n) is 7.75. The fourth-order valence-corrected chi connectivity index (χ4v) is 2.22. The van der Waals surface area contributed by atoms with Crippen LogP contribution in [-0.4, -0.2) is 29.8 Å². The number of carbonyl (C=O) groups is 1. The number of rotatable bonds is 6. The van der Waals surface area contributed by atoms with Crippen LogP contribution in [0.3, 0.4) is 0 Å². The molecule has 2 rings (SSSR count). The lowest BCUT2D eigenvalue weighted by atomic mass is 10.2. The van der Waals surface area contributed by atoms with E-state index in [1.165, 1.54) is 13.2 Å². The van der Waals surface area contributed by atoms with Gasteiger partial charge in [-0.15, -0.1) is 0 Å². The molecule has 0 saturated carbocycles. The molecule has 3 N–H and O–H groups in total. The zero-order chi connectivity index (χ0) is 18.2. The minimum atomic E-state index is -0.373. The van der Waals surface area contributed by atoms with Crippen LogP contribution in [0.15, 0.2) is 42.5 Å². The zero-order valence-electron chi connectivity index (χ0n) is 14.0. The standard InChI is InChI=1S/C18H20N2O4S/c1-3-9-24-14-6-4-5-12(10-14)17(22)20-18(25)19-15-11-13(23-2)7-8-16(15)21/h4-8,10-11,21H,3,9H2,1-2H3,(H2,19,20,22,25). The smallest absolute Gasteiger partial charge is 0.257 e. The van der Waals surface area contributed by atoms with Crippen LogP contribution in [0.2, 0.25) is 0 Å². The first-order chi connectivity index (χ1) is 12.0. The number of hydrogen-bond acceptors (Lipinski definition) is 5. The second-order valence-corrected chi connectivity index (χ2v) is 5.58. The molecule has 0 saturated heterocycles. The Morgan fingerprint density at radius 2 is 2.00 bits per heavy atom. The summed E-state index contributed by atoms with van der Waals surface area (Å²) in [5, 5.41) is 15.2. The van der Waals surface area contributed by atoms with Crippen LogP contribution in [0.25, 0.3) is 0 Å². The summed E-state index contributed by atoms with van der Waals surface area (Å²) in [7, 11) is 1.52. The van der Waals surface area contributed by atoms with Gasteiger partial charge in [0.2, 0.25) is 0 Å². The molecule has 132 valence electrons. The second kappa shape index (κ2) is 8.89. The van der Waals surface area contributed by atoms with Gasteiger partial charge in [0, 0.05) is 11.6 Å². The number of aromatic hydroxyl groups is 1. The Labute approximate surface area is 151 Å². The van der Waals surface area contributed by atoms with Crippen molar-refractivity contribution in [2.45, 2.75) is 13.3 Å². The summed E-state index contributed by atoms with van der Waals surface area (Å²) in [6.45, 7) is 2.59. The molecule has 0 unspecified atom stereocenters. The molecule has 0 fully saturated rings. The van der Waals surface area contributed by atoms with E-state index >= 15 is 0 Å². The number of methoxy groups -OCH3 is 1. The largest absolute Gasteiger partial charge is 0.506 e. The summed E-state index contributed by atoms with van der Waals surface area (Å²) >= 11 is 5.13. The first kappa shape index (κ1) is 18.5. The van der Waals surface area contributed by atoms with Gasteiger partial charge in [-0.1, -0.05) is 13.0 Å². The molecule has 0 aromatic heterocycles. The molecule has 0 aliphatic carbocycles. The lowest BCUT2D eigenvalue weighted by molar-refractivity contribution is 0.0977. The molecule has 7 heteroatoms. The SMILES string of the molecule is CCCOc1cccc(C(=O)NC(=S)Nc2cc(OC)ccc2O)c1. The molecule has 6 nitrogen and oxygen atoms in total. The molecule has 0 aliphatic rings. The van der Waals surface area contributed by atoms with Crippen molar-refractivity contribution in [2.75, 3.05) is 19.0 Å². The summed E-state index contributed by atoms with van der Waals surface area (Å²) in [5.74, 6) is 0.795. The first-order valence-corrected chi connectivity index (χ1v) is 8.16. The third-order valence-electron chi connectivity index (χ3n) is 3.25. The Balaban J connectivity index is 2.02. The summed E-state index contributed by atoms with van der Waals surface area (Å²) in [5.41, 5.74) is 0.761. The molecule has 25 heavy (non-hydrogen) atoms. The van der Waals surface area contributed by atoms with Crippen molar-refractivity contribution in [3.63, 3.8) is 0 Å². The van der Waals surface area contributed by atoms with Crippen molar-refractivity contribution in [2.24, 2.45) is 0 Å². The normalized spacial score (nSPS) is 10.0. The number of ether oxygens (including phenoxy) is 2. The van der Waals surface area contributed by atoms with Gasteiger partial charge in [0.25, 0.3) is 5.91 Å². The van der Waals surface area contributed by atoms with Crippen molar-refractivity contribution in [3.8, 4) is 17.2 Å². The lowest BCUT2D eigenvalue weighted by Gasteiger charge is -2.12. The molecular formula is C18H20N2O4S. The molecule has 0 heterocycles. The van der Waals surface area contributed by atoms with E-state index in [-0.39, 0.29) is 16.8 Å². The summed E-state index contributed by atoms with van der Waals surface area (Å²) in [6, 6.07) is 11.5. The molecule has 2 aromatic carbocycles. The van der Waals surface area contributed by atoms with Gasteiger partial charge >= 0.3 is 0 Å². The molecule has 0 spiro atoms. The Morgan fingerprint density at radius 3 is 2.72 bits per heavy atom. The van der Waals surface area contributed by atoms with E-state index in [1.807, 2.05) is 6.92 Å². The monoisotopic (exact) mass is 360 g/mol. The lowest BCUT2D eigenvalue weighted by Crippen LogP contribution is -2.34. The van der Waals surface area contributed by atoms with Crippen molar-refractivity contribution in [1.29, 1.82) is 0 Å². The van der Waals surface area contributed by atoms with Crippen LogP contribution in [0.1, 0.15) is 23.7 Å². The van der Waals surface area contributed by atoms with E-state index in [4.69, 9.17) is 21.7 Å². The van der Waals surface area contributed by atoms with Gasteiger partial charge in [-0.25, -0.2) is 0 Å². The fourth-order valence-electron chi connectivity index (χ4n) is 2.02. The van der Waals surface area contributed by atoms with Crippen LogP contribution in [-0.2, 0) is 0 Å². The van der Waals surface area contributed by atoms with E-state index in [0.717, 1.165) is 6.42 Å². The van der Waals surface area contributed by atoms with E-state index in [0.29, 0.717) is 29.4 Å². The maximum Gasteiger partial charge on any atom is 0.257 e. The number of hydrogen-bond donors (Lipinski definition) is 3. The maximum absolute atomic E-state index is 12.3. The summed E-state index contributed by atoms with van der Waals surface area (Å²) in [4.78, 5) is 12.3. The van der Waals surface area contributed by atoms with Gasteiger partial charge in [0.05, 0.1) is 19.4 Å². The van der Waals surface area contributed by atoms with E-state index in [9.17, 15) is 9.90 Å². The van der Waals surface area contributed by atoms with Gasteiger partial charge < -0.3 is 19.9 Å². The Bertz CT molecular complexity index is 764. The highest BCUT2D eigenvalue weighted by Crippen LogP contribution is 2.27. The molecule has 1 amide bonds. The maximum atomic E-state index is 12.3. The highest BCUT2D eigenvalue weighted by atomic mass is 32.1. The van der Waals surface area contributed by atoms with Gasteiger partial charge in [-0.2, -0.15) is 0 Å². The summed E-state index contributed by atoms with van der Waals surface area (Å²) < 4.78 is 10.6. The average molecular weight is 360 g/mol. The van der Waals surface area contributed by atoms with Crippen LogP contribution in [0.5, 0.6) is 17.2 Å². The number of amides is 1. The highest BCUT2D eigenvalue weighted by molar-refractivity contribution is 7.80. The van der Waals surface area contributed by atoms with Crippen LogP contribution >= 0.6 is 12.2 Å². The Kier molecular flexibility index (Phi) is 6.59. The Morgan fingerprint density at radius 1 is 1.20 bits per heavy atom. The molecule has 0 bridgehead atoms. The number of phenols is 1. The molecule has 0 aliphatic heterocycles. The minimum Gasteiger partial charge on any atom is -0.506 e. The van der Waals surface area contributed by atoms with Gasteiger partial charge in [0.1, 0.15) is 17.2 Å². The number of anilines is 1. The average Bonchev–Trinajstić information content (AvgIpc) is 2.62. The predicted molar refractivity (Wildman–Crippen MR) is 101 cm³/mol. The van der Waals surface area contributed by atoms with E-state index < -0.39 is 0 Å². The number of benzene rings is 2. The van der Waals surface area contributed by atoms with Crippen molar-refractivity contribution < 1.29 is 19.4 Å². The predicted octanol–water partition coefficient (Wildman–Crippen LogP) is 3.32. The molecule has 2 aromatic rings. The van der Waals surface area contributed by atoms with Crippen LogP contribution in [0, 0.1) is 0 Å². The number of phenolic OH excluding ortho intramolecular Hbond substituents is 1. The topological polar surface area (TPSA) is 79.8 Å². The van der Waals surface area contributed by atoms with Crippen LogP contribution in [0.4, 0.5) is 5.69 Å². The Hall–Kier alpha value is -2.80. The van der Waals surface area contributed by atoms with Gasteiger partial charge in [0.15, 0.2) is 5.11 Å². The second-order valence-electron chi connectivity index (χ2n) is 5.17.